The maximum atomic E-state index is 11.5. The lowest BCUT2D eigenvalue weighted by Crippen LogP contribution is -2.05. The Bertz CT molecular complexity index is 576. The molecule has 1 fully saturated rings. The van der Waals surface area contributed by atoms with E-state index in [4.69, 9.17) is 4.74 Å². The number of aromatic nitrogens is 1. The smallest absolute Gasteiger partial charge is 0.342 e. The Labute approximate surface area is 109 Å². The first-order chi connectivity index (χ1) is 9.10. The van der Waals surface area contributed by atoms with Crippen molar-refractivity contribution >= 4 is 24.0 Å². The van der Waals surface area contributed by atoms with Crippen LogP contribution in [0.15, 0.2) is 24.0 Å². The Kier molecular flexibility index (Phi) is 3.70. The lowest BCUT2D eigenvalue weighted by molar-refractivity contribution is -0.151. The molecule has 0 radical (unpaired) electrons. The van der Waals surface area contributed by atoms with Gasteiger partial charge in [-0.2, -0.15) is 0 Å². The molecule has 0 N–H and O–H groups in total. The summed E-state index contributed by atoms with van der Waals surface area (Å²) in [6, 6.07) is 1.54. The van der Waals surface area contributed by atoms with Gasteiger partial charge in [0, 0.05) is 18.0 Å². The Balaban J connectivity index is 2.24. The minimum atomic E-state index is -0.661. The molecule has 6 nitrogen and oxygen atoms in total. The fourth-order valence-electron chi connectivity index (χ4n) is 1.61. The third-order valence-electron chi connectivity index (χ3n) is 2.41. The number of hydrogen-bond donors (Lipinski definition) is 0. The van der Waals surface area contributed by atoms with Gasteiger partial charge >= 0.3 is 17.9 Å². The van der Waals surface area contributed by atoms with E-state index in [9.17, 15) is 14.4 Å². The summed E-state index contributed by atoms with van der Waals surface area (Å²) in [5, 5.41) is 0. The van der Waals surface area contributed by atoms with Crippen molar-refractivity contribution in [2.45, 2.75) is 13.3 Å². The van der Waals surface area contributed by atoms with E-state index in [-0.39, 0.29) is 24.2 Å². The number of carbonyl (C=O) groups is 3. The predicted molar refractivity (Wildman–Crippen MR) is 63.9 cm³/mol. The van der Waals surface area contributed by atoms with Gasteiger partial charge in [-0.25, -0.2) is 9.59 Å². The number of ether oxygens (including phenoxy) is 2. The van der Waals surface area contributed by atoms with Gasteiger partial charge in [0.25, 0.3) is 0 Å². The molecular weight excluding hydrogens is 250 g/mol. The van der Waals surface area contributed by atoms with Gasteiger partial charge < -0.3 is 9.47 Å². The molecule has 0 atom stereocenters. The topological polar surface area (TPSA) is 82.6 Å². The van der Waals surface area contributed by atoms with Crippen molar-refractivity contribution in [3.63, 3.8) is 0 Å². The third-order valence-corrected chi connectivity index (χ3v) is 2.41. The summed E-state index contributed by atoms with van der Waals surface area (Å²) < 4.78 is 9.25. The average molecular weight is 261 g/mol. The van der Waals surface area contributed by atoms with E-state index in [1.165, 1.54) is 24.5 Å². The summed E-state index contributed by atoms with van der Waals surface area (Å²) in [5.74, 6) is -1.72. The van der Waals surface area contributed by atoms with E-state index in [0.29, 0.717) is 5.56 Å². The summed E-state index contributed by atoms with van der Waals surface area (Å²) in [5.41, 5.74) is 1.06. The number of esters is 3. The van der Waals surface area contributed by atoms with E-state index in [1.54, 1.807) is 6.92 Å². The van der Waals surface area contributed by atoms with Crippen LogP contribution in [0.25, 0.3) is 6.08 Å². The highest BCUT2D eigenvalue weighted by Gasteiger charge is 2.26. The second-order valence-corrected chi connectivity index (χ2v) is 3.84. The zero-order valence-electron chi connectivity index (χ0n) is 10.2. The first kappa shape index (κ1) is 12.9. The van der Waals surface area contributed by atoms with Crippen LogP contribution in [0.3, 0.4) is 0 Å². The molecule has 6 heteroatoms. The van der Waals surface area contributed by atoms with Crippen molar-refractivity contribution in [1.82, 2.24) is 4.98 Å². The number of carbonyl (C=O) groups excluding carboxylic acids is 3. The predicted octanol–water partition coefficient (Wildman–Crippen LogP) is 1.12. The zero-order valence-corrected chi connectivity index (χ0v) is 10.2. The quantitative estimate of drug-likeness (QED) is 0.460. The molecule has 0 spiro atoms. The molecule has 0 saturated carbocycles. The fraction of sp³-hybridized carbons (Fsp3) is 0.231. The largest absolute Gasteiger partial charge is 0.462 e. The van der Waals surface area contributed by atoms with E-state index in [2.05, 4.69) is 9.72 Å². The second kappa shape index (κ2) is 5.43. The van der Waals surface area contributed by atoms with Crippen molar-refractivity contribution in [3.8, 4) is 0 Å². The summed E-state index contributed by atoms with van der Waals surface area (Å²) in [6.45, 7) is 1.97. The molecular formula is C13H11NO5. The highest BCUT2D eigenvalue weighted by atomic mass is 16.6. The first-order valence-electron chi connectivity index (χ1n) is 5.68. The van der Waals surface area contributed by atoms with Crippen LogP contribution in [0.1, 0.15) is 29.3 Å². The van der Waals surface area contributed by atoms with E-state index in [1.807, 2.05) is 0 Å². The maximum absolute atomic E-state index is 11.5. The van der Waals surface area contributed by atoms with Gasteiger partial charge in [0.1, 0.15) is 0 Å². The Morgan fingerprint density at radius 1 is 1.47 bits per heavy atom. The molecule has 1 aromatic heterocycles. The van der Waals surface area contributed by atoms with Gasteiger partial charge in [-0.1, -0.05) is 0 Å². The summed E-state index contributed by atoms with van der Waals surface area (Å²) in [4.78, 5) is 37.6. The van der Waals surface area contributed by atoms with Gasteiger partial charge in [0.2, 0.25) is 0 Å². The van der Waals surface area contributed by atoms with Gasteiger partial charge in [-0.3, -0.25) is 9.78 Å². The van der Waals surface area contributed by atoms with E-state index in [0.717, 1.165) is 0 Å². The molecule has 0 amide bonds. The van der Waals surface area contributed by atoms with Crippen LogP contribution in [-0.4, -0.2) is 29.5 Å². The van der Waals surface area contributed by atoms with Crippen molar-refractivity contribution in [2.75, 3.05) is 6.61 Å². The van der Waals surface area contributed by atoms with Gasteiger partial charge in [0.05, 0.1) is 18.6 Å². The standard InChI is InChI=1S/C13H11NO5/c1-2-18-12(16)10-4-8(6-14-7-10)3-9-5-11(15)19-13(9)17/h3-4,6-7H,2,5H2,1H3/b9-3+. The Hall–Kier alpha value is -2.50. The van der Waals surface area contributed by atoms with Gasteiger partial charge in [-0.15, -0.1) is 0 Å². The fourth-order valence-corrected chi connectivity index (χ4v) is 1.61. The lowest BCUT2D eigenvalue weighted by atomic mass is 10.1. The highest BCUT2D eigenvalue weighted by molar-refractivity contribution is 6.08. The van der Waals surface area contributed by atoms with Crippen LogP contribution < -0.4 is 0 Å². The number of pyridine rings is 1. The average Bonchev–Trinajstić information content (AvgIpc) is 2.68. The van der Waals surface area contributed by atoms with E-state index < -0.39 is 17.9 Å². The molecule has 0 unspecified atom stereocenters. The molecule has 1 aromatic rings. The van der Waals surface area contributed by atoms with E-state index >= 15 is 0 Å². The van der Waals surface area contributed by atoms with Gasteiger partial charge in [0.15, 0.2) is 0 Å². The number of rotatable bonds is 3. The molecule has 0 bridgehead atoms. The second-order valence-electron chi connectivity index (χ2n) is 3.84. The van der Waals surface area contributed by atoms with Crippen molar-refractivity contribution in [1.29, 1.82) is 0 Å². The van der Waals surface area contributed by atoms with Crippen LogP contribution in [-0.2, 0) is 19.1 Å². The summed E-state index contributed by atoms with van der Waals surface area (Å²) in [6.07, 6.45) is 4.26. The molecule has 1 saturated heterocycles. The monoisotopic (exact) mass is 261 g/mol. The molecule has 2 rings (SSSR count). The SMILES string of the molecule is CCOC(=O)c1cncc(/C=C2\CC(=O)OC2=O)c1. The molecule has 2 heterocycles. The summed E-state index contributed by atoms with van der Waals surface area (Å²) in [7, 11) is 0. The highest BCUT2D eigenvalue weighted by Crippen LogP contribution is 2.18. The minimum absolute atomic E-state index is 0.0670. The van der Waals surface area contributed by atoms with Crippen molar-refractivity contribution < 1.29 is 23.9 Å². The lowest BCUT2D eigenvalue weighted by Gasteiger charge is -2.02. The van der Waals surface area contributed by atoms with Crippen molar-refractivity contribution in [3.05, 3.63) is 35.2 Å². The van der Waals surface area contributed by atoms with Crippen LogP contribution in [0.5, 0.6) is 0 Å². The normalized spacial score (nSPS) is 16.6. The van der Waals surface area contributed by atoms with Crippen molar-refractivity contribution in [2.24, 2.45) is 0 Å². The number of cyclic esters (lactones) is 2. The number of hydrogen-bond acceptors (Lipinski definition) is 6. The molecule has 1 aliphatic rings. The first-order valence-corrected chi connectivity index (χ1v) is 5.68. The summed E-state index contributed by atoms with van der Waals surface area (Å²) >= 11 is 0. The number of nitrogens with zero attached hydrogens (tertiary/aromatic N) is 1. The van der Waals surface area contributed by atoms with Crippen LogP contribution in [0, 0.1) is 0 Å². The molecule has 1 aliphatic heterocycles. The minimum Gasteiger partial charge on any atom is -0.462 e. The van der Waals surface area contributed by atoms with Crippen LogP contribution >= 0.6 is 0 Å². The molecule has 19 heavy (non-hydrogen) atoms. The molecule has 0 aromatic carbocycles. The third kappa shape index (κ3) is 3.04. The van der Waals surface area contributed by atoms with Crippen LogP contribution in [0.2, 0.25) is 0 Å². The molecule has 0 aliphatic carbocycles. The maximum Gasteiger partial charge on any atom is 0.342 e. The Morgan fingerprint density at radius 2 is 2.26 bits per heavy atom. The molecule has 98 valence electrons. The van der Waals surface area contributed by atoms with Gasteiger partial charge in [-0.05, 0) is 24.6 Å². The zero-order chi connectivity index (χ0) is 13.8. The van der Waals surface area contributed by atoms with Crippen LogP contribution in [0.4, 0.5) is 0 Å². The Morgan fingerprint density at radius 3 is 2.89 bits per heavy atom.